The van der Waals surface area contributed by atoms with Crippen molar-refractivity contribution in [3.05, 3.63) is 65.7 Å². The fourth-order valence-electron chi connectivity index (χ4n) is 6.62. The third-order valence-electron chi connectivity index (χ3n) is 9.11. The zero-order chi connectivity index (χ0) is 25.2. The Labute approximate surface area is 215 Å². The van der Waals surface area contributed by atoms with Gasteiger partial charge < -0.3 is 14.5 Å². The summed E-state index contributed by atoms with van der Waals surface area (Å²) in [5, 5.41) is 9.49. The van der Waals surface area contributed by atoms with Crippen LogP contribution in [-0.2, 0) is 12.1 Å². The summed E-state index contributed by atoms with van der Waals surface area (Å²) in [5.41, 5.74) is 2.11. The van der Waals surface area contributed by atoms with E-state index in [2.05, 4.69) is 70.3 Å². The van der Waals surface area contributed by atoms with E-state index in [1.807, 2.05) is 12.1 Å². The Bertz CT molecular complexity index is 1080. The van der Waals surface area contributed by atoms with Crippen LogP contribution in [0, 0.1) is 17.2 Å². The lowest BCUT2D eigenvalue weighted by Gasteiger charge is -2.52. The van der Waals surface area contributed by atoms with Crippen LogP contribution in [0.4, 0.5) is 4.79 Å². The fraction of sp³-hybridized carbons (Fsp3) is 0.533. The molecule has 0 N–H and O–H groups in total. The van der Waals surface area contributed by atoms with Gasteiger partial charge in [0.05, 0.1) is 25.3 Å². The summed E-state index contributed by atoms with van der Waals surface area (Å²) in [7, 11) is 3.75. The molecule has 0 bridgehead atoms. The molecule has 3 fully saturated rings. The molecule has 0 radical (unpaired) electrons. The second kappa shape index (κ2) is 10.1. The zero-order valence-corrected chi connectivity index (χ0v) is 21.7. The van der Waals surface area contributed by atoms with Crippen molar-refractivity contribution in [1.29, 1.82) is 5.26 Å². The topological polar surface area (TPSA) is 59.8 Å². The van der Waals surface area contributed by atoms with Crippen molar-refractivity contribution in [2.75, 3.05) is 33.8 Å². The number of amides is 2. The number of benzene rings is 2. The number of carbonyl (C=O) groups excluding carboxylic acids is 1. The molecule has 190 valence electrons. The molecule has 1 heterocycles. The molecule has 1 spiro atoms. The predicted octanol–water partition coefficient (Wildman–Crippen LogP) is 5.40. The Kier molecular flexibility index (Phi) is 6.94. The number of ether oxygens (including phenoxy) is 1. The van der Waals surface area contributed by atoms with Gasteiger partial charge in [0.1, 0.15) is 5.75 Å². The molecule has 1 saturated heterocycles. The molecule has 0 atom stereocenters. The number of hydrogen-bond acceptors (Lipinski definition) is 4. The maximum atomic E-state index is 13.8. The van der Waals surface area contributed by atoms with Gasteiger partial charge in [-0.05, 0) is 74.8 Å². The second-order valence-electron chi connectivity index (χ2n) is 11.0. The van der Waals surface area contributed by atoms with Gasteiger partial charge in [-0.25, -0.2) is 4.79 Å². The molecule has 1 aliphatic heterocycles. The molecule has 2 aromatic rings. The molecule has 6 nitrogen and oxygen atoms in total. The van der Waals surface area contributed by atoms with Crippen LogP contribution >= 0.6 is 0 Å². The summed E-state index contributed by atoms with van der Waals surface area (Å²) < 4.78 is 5.31. The Morgan fingerprint density at radius 1 is 1.06 bits per heavy atom. The normalized spacial score (nSPS) is 26.3. The molecule has 0 aromatic heterocycles. The number of rotatable bonds is 8. The van der Waals surface area contributed by atoms with E-state index in [0.29, 0.717) is 19.0 Å². The minimum absolute atomic E-state index is 0.134. The van der Waals surface area contributed by atoms with Gasteiger partial charge in [0.2, 0.25) is 0 Å². The highest BCUT2D eigenvalue weighted by molar-refractivity contribution is 5.78. The van der Waals surface area contributed by atoms with Crippen molar-refractivity contribution in [2.45, 2.75) is 62.6 Å². The van der Waals surface area contributed by atoms with Gasteiger partial charge in [-0.3, -0.25) is 4.90 Å². The Hall–Kier alpha value is -3.04. The third kappa shape index (κ3) is 4.46. The first kappa shape index (κ1) is 24.6. The molecule has 2 aliphatic carbocycles. The Morgan fingerprint density at radius 2 is 1.75 bits per heavy atom. The van der Waals surface area contributed by atoms with Crippen molar-refractivity contribution in [1.82, 2.24) is 14.7 Å². The maximum Gasteiger partial charge on any atom is 0.320 e. The smallest absolute Gasteiger partial charge is 0.320 e. The zero-order valence-electron chi connectivity index (χ0n) is 21.7. The lowest BCUT2D eigenvalue weighted by atomic mass is 9.68. The first-order chi connectivity index (χ1) is 17.5. The number of carbonyl (C=O) groups is 1. The van der Waals surface area contributed by atoms with Gasteiger partial charge in [-0.1, -0.05) is 48.9 Å². The van der Waals surface area contributed by atoms with Crippen molar-refractivity contribution < 1.29 is 9.53 Å². The standard InChI is InChI=1S/C30H38N4O2/c1-32(20-19-31)30(26-9-4-3-5-10-26)17-15-29(16-18-30)23-33(21-25-11-13-27(36-2)14-12-25)28(35)34(29)22-24-7-6-8-24/h3-5,9-14,24H,6-8,15-18,20-23H2,1-2H3/t29-,30+. The van der Waals surface area contributed by atoms with Crippen LogP contribution in [0.5, 0.6) is 5.75 Å². The van der Waals surface area contributed by atoms with Gasteiger partial charge in [-0.15, -0.1) is 0 Å². The summed E-state index contributed by atoms with van der Waals surface area (Å²) in [6.07, 6.45) is 7.55. The third-order valence-corrected chi connectivity index (χ3v) is 9.11. The van der Waals surface area contributed by atoms with E-state index in [1.54, 1.807) is 7.11 Å². The lowest BCUT2D eigenvalue weighted by Crippen LogP contribution is -2.57. The fourth-order valence-corrected chi connectivity index (χ4v) is 6.62. The van der Waals surface area contributed by atoms with E-state index < -0.39 is 0 Å². The minimum Gasteiger partial charge on any atom is -0.497 e. The quantitative estimate of drug-likeness (QED) is 0.469. The summed E-state index contributed by atoms with van der Waals surface area (Å²) in [5.74, 6) is 1.47. The monoisotopic (exact) mass is 486 g/mol. The van der Waals surface area contributed by atoms with E-state index in [1.165, 1.54) is 24.8 Å². The minimum atomic E-state index is -0.170. The highest BCUT2D eigenvalue weighted by atomic mass is 16.5. The molecular formula is C30H38N4O2. The molecule has 3 aliphatic rings. The van der Waals surface area contributed by atoms with Gasteiger partial charge >= 0.3 is 6.03 Å². The molecule has 2 aromatic carbocycles. The second-order valence-corrected chi connectivity index (χ2v) is 11.0. The molecule has 6 heteroatoms. The summed E-state index contributed by atoms with van der Waals surface area (Å²) >= 11 is 0. The summed E-state index contributed by atoms with van der Waals surface area (Å²) in [6, 6.07) is 21.3. The molecule has 36 heavy (non-hydrogen) atoms. The van der Waals surface area contributed by atoms with E-state index in [4.69, 9.17) is 4.74 Å². The first-order valence-electron chi connectivity index (χ1n) is 13.3. The van der Waals surface area contributed by atoms with Crippen LogP contribution in [0.2, 0.25) is 0 Å². The highest BCUT2D eigenvalue weighted by Crippen LogP contribution is 2.50. The van der Waals surface area contributed by atoms with Crippen molar-refractivity contribution in [3.63, 3.8) is 0 Å². The van der Waals surface area contributed by atoms with Gasteiger partial charge in [-0.2, -0.15) is 5.26 Å². The first-order valence-corrected chi connectivity index (χ1v) is 13.3. The molecule has 2 saturated carbocycles. The SMILES string of the molecule is COc1ccc(CN2C[C@]3(CC[C@](c4ccccc4)(N(C)CC#N)CC3)N(CC3CCC3)C2=O)cc1. The van der Waals surface area contributed by atoms with Crippen LogP contribution in [0.1, 0.15) is 56.1 Å². The Balaban J connectivity index is 1.40. The Morgan fingerprint density at radius 3 is 2.33 bits per heavy atom. The van der Waals surface area contributed by atoms with Crippen molar-refractivity contribution in [3.8, 4) is 11.8 Å². The van der Waals surface area contributed by atoms with E-state index in [0.717, 1.165) is 50.1 Å². The average molecular weight is 487 g/mol. The molecule has 0 unspecified atom stereocenters. The summed E-state index contributed by atoms with van der Waals surface area (Å²) in [4.78, 5) is 20.4. The van der Waals surface area contributed by atoms with Crippen LogP contribution < -0.4 is 4.74 Å². The number of nitrogens with zero attached hydrogens (tertiary/aromatic N) is 4. The van der Waals surface area contributed by atoms with Gasteiger partial charge in [0.25, 0.3) is 0 Å². The average Bonchev–Trinajstić information content (AvgIpc) is 3.13. The van der Waals surface area contributed by atoms with Crippen LogP contribution in [0.3, 0.4) is 0 Å². The van der Waals surface area contributed by atoms with Gasteiger partial charge in [0.15, 0.2) is 0 Å². The molecular weight excluding hydrogens is 448 g/mol. The predicted molar refractivity (Wildman–Crippen MR) is 140 cm³/mol. The summed E-state index contributed by atoms with van der Waals surface area (Å²) in [6.45, 7) is 2.68. The van der Waals surface area contributed by atoms with Crippen LogP contribution in [-0.4, -0.2) is 60.1 Å². The number of hydrogen-bond donors (Lipinski definition) is 0. The molecule has 5 rings (SSSR count). The maximum absolute atomic E-state index is 13.8. The molecule has 2 amide bonds. The number of nitriles is 1. The lowest BCUT2D eigenvalue weighted by molar-refractivity contribution is 0.0103. The highest BCUT2D eigenvalue weighted by Gasteiger charge is 2.55. The van der Waals surface area contributed by atoms with Crippen molar-refractivity contribution in [2.24, 2.45) is 5.92 Å². The van der Waals surface area contributed by atoms with E-state index in [-0.39, 0.29) is 17.1 Å². The van der Waals surface area contributed by atoms with Gasteiger partial charge in [0, 0.05) is 25.2 Å². The number of methoxy groups -OCH3 is 1. The van der Waals surface area contributed by atoms with Crippen molar-refractivity contribution >= 4 is 6.03 Å². The van der Waals surface area contributed by atoms with Crippen LogP contribution in [0.25, 0.3) is 0 Å². The van der Waals surface area contributed by atoms with E-state index >= 15 is 0 Å². The van der Waals surface area contributed by atoms with E-state index in [9.17, 15) is 10.1 Å². The largest absolute Gasteiger partial charge is 0.497 e. The van der Waals surface area contributed by atoms with Crippen LogP contribution in [0.15, 0.2) is 54.6 Å². The number of urea groups is 1.